The van der Waals surface area contributed by atoms with E-state index >= 15 is 0 Å². The molecule has 4 aromatic rings. The third kappa shape index (κ3) is 4.43. The maximum Gasteiger partial charge on any atom is 0.573 e. The number of hydrogen-bond donors (Lipinski definition) is 1. The van der Waals surface area contributed by atoms with Crippen LogP contribution in [0.4, 0.5) is 13.2 Å². The van der Waals surface area contributed by atoms with Crippen LogP contribution in [0.2, 0.25) is 0 Å². The maximum absolute atomic E-state index is 13.4. The number of benzene rings is 2. The van der Waals surface area contributed by atoms with E-state index in [1.807, 2.05) is 32.0 Å². The Morgan fingerprint density at radius 3 is 2.42 bits per heavy atom. The third-order valence-electron chi connectivity index (χ3n) is 5.03. The van der Waals surface area contributed by atoms with Crippen molar-refractivity contribution in [1.29, 1.82) is 0 Å². The van der Waals surface area contributed by atoms with E-state index in [1.54, 1.807) is 6.07 Å². The largest absolute Gasteiger partial charge is 0.573 e. The molecule has 1 N–H and O–H groups in total. The fraction of sp³-hybridized carbons (Fsp3) is 0.125. The molecule has 0 unspecified atom stereocenters. The summed E-state index contributed by atoms with van der Waals surface area (Å²) in [4.78, 5) is 22.0. The van der Waals surface area contributed by atoms with Crippen LogP contribution < -0.4 is 10.3 Å². The fourth-order valence-electron chi connectivity index (χ4n) is 3.59. The van der Waals surface area contributed by atoms with Gasteiger partial charge in [0, 0.05) is 11.8 Å². The highest BCUT2D eigenvalue weighted by Gasteiger charge is 2.32. The molecule has 0 saturated heterocycles. The predicted molar refractivity (Wildman–Crippen MR) is 118 cm³/mol. The topological polar surface area (TPSA) is 77.2 Å². The lowest BCUT2D eigenvalue weighted by atomic mass is 10.1. The van der Waals surface area contributed by atoms with E-state index in [4.69, 9.17) is 0 Å². The van der Waals surface area contributed by atoms with Crippen LogP contribution in [0.25, 0.3) is 28.7 Å². The summed E-state index contributed by atoms with van der Waals surface area (Å²) >= 11 is 0. The van der Waals surface area contributed by atoms with Gasteiger partial charge >= 0.3 is 6.36 Å². The zero-order chi connectivity index (χ0) is 23.8. The fourth-order valence-corrected chi connectivity index (χ4v) is 3.59. The summed E-state index contributed by atoms with van der Waals surface area (Å²) in [5.74, 6) is -1.19. The molecule has 0 bridgehead atoms. The highest BCUT2D eigenvalue weighted by Crippen LogP contribution is 2.35. The van der Waals surface area contributed by atoms with Gasteiger partial charge in [0.15, 0.2) is 11.5 Å². The first-order valence-corrected chi connectivity index (χ1v) is 9.85. The van der Waals surface area contributed by atoms with Gasteiger partial charge in [-0.25, -0.2) is 4.98 Å². The molecule has 2 aromatic carbocycles. The number of halogens is 3. The molecule has 4 rings (SSSR count). The minimum absolute atomic E-state index is 0.0605. The van der Waals surface area contributed by atoms with Gasteiger partial charge in [-0.2, -0.15) is 0 Å². The average molecular weight is 453 g/mol. The number of nitrogens with zero attached hydrogens (tertiary/aromatic N) is 3. The van der Waals surface area contributed by atoms with Gasteiger partial charge in [0.2, 0.25) is 0 Å². The minimum Gasteiger partial charge on any atom is -0.504 e. The zero-order valence-electron chi connectivity index (χ0n) is 17.6. The second-order valence-electron chi connectivity index (χ2n) is 7.32. The van der Waals surface area contributed by atoms with Gasteiger partial charge in [-0.1, -0.05) is 30.3 Å². The van der Waals surface area contributed by atoms with Crippen LogP contribution in [0.1, 0.15) is 22.5 Å². The van der Waals surface area contributed by atoms with Crippen LogP contribution in [-0.2, 0) is 0 Å². The van der Waals surface area contributed by atoms with Crippen LogP contribution in [0.15, 0.2) is 59.7 Å². The molecule has 6 nitrogen and oxygen atoms in total. The molecule has 0 saturated carbocycles. The lowest BCUT2D eigenvalue weighted by Crippen LogP contribution is -2.24. The van der Waals surface area contributed by atoms with Crippen molar-refractivity contribution in [3.63, 3.8) is 0 Å². The lowest BCUT2D eigenvalue weighted by molar-refractivity contribution is -0.275. The number of phenols is 1. The molecule has 2 aromatic heterocycles. The number of alkyl halides is 3. The number of para-hydroxylation sites is 2. The number of phenolic OH excluding ortho intramolecular Hbond substituents is 1. The van der Waals surface area contributed by atoms with Crippen molar-refractivity contribution in [2.75, 3.05) is 0 Å². The highest BCUT2D eigenvalue weighted by atomic mass is 19.4. The number of fused-ring (bicyclic) bond motifs is 1. The standard InChI is InChI=1S/C24H18F3N3O3/c1-14-5-3-6-15(2)21(14)30-20(29-18-13-28-12-11-17(18)23(30)32)10-9-16-7-4-8-19(22(16)31)33-24(25,26)27/h3-13,31H,1-2H3. The van der Waals surface area contributed by atoms with Crippen molar-refractivity contribution in [2.24, 2.45) is 0 Å². The van der Waals surface area contributed by atoms with E-state index in [2.05, 4.69) is 14.7 Å². The van der Waals surface area contributed by atoms with Crippen LogP contribution in [0.3, 0.4) is 0 Å². The zero-order valence-corrected chi connectivity index (χ0v) is 17.6. The van der Waals surface area contributed by atoms with Gasteiger partial charge in [-0.3, -0.25) is 14.3 Å². The summed E-state index contributed by atoms with van der Waals surface area (Å²) < 4.78 is 43.1. The molecule has 0 aliphatic heterocycles. The van der Waals surface area contributed by atoms with Crippen molar-refractivity contribution in [1.82, 2.24) is 14.5 Å². The Kier molecular flexibility index (Phi) is 5.63. The smallest absolute Gasteiger partial charge is 0.504 e. The Bertz CT molecular complexity index is 1420. The van der Waals surface area contributed by atoms with Crippen molar-refractivity contribution >= 4 is 23.1 Å². The first-order chi connectivity index (χ1) is 15.7. The van der Waals surface area contributed by atoms with Gasteiger partial charge < -0.3 is 9.84 Å². The van der Waals surface area contributed by atoms with Gasteiger partial charge in [-0.05, 0) is 49.3 Å². The summed E-state index contributed by atoms with van der Waals surface area (Å²) in [7, 11) is 0. The monoisotopic (exact) mass is 453 g/mol. The van der Waals surface area contributed by atoms with Crippen molar-refractivity contribution in [2.45, 2.75) is 20.2 Å². The first kappa shape index (κ1) is 22.1. The SMILES string of the molecule is Cc1cccc(C)c1-n1c(C=Cc2cccc(OC(F)(F)F)c2O)nc2cnccc2c1=O. The van der Waals surface area contributed by atoms with E-state index in [0.717, 1.165) is 17.2 Å². The Morgan fingerprint density at radius 1 is 1.03 bits per heavy atom. The molecule has 0 aliphatic rings. The Balaban J connectivity index is 1.91. The molecular formula is C24H18F3N3O3. The number of aryl methyl sites for hydroxylation is 2. The van der Waals surface area contributed by atoms with E-state index in [9.17, 15) is 23.1 Å². The van der Waals surface area contributed by atoms with Gasteiger partial charge in [-0.15, -0.1) is 13.2 Å². The number of aromatic hydroxyl groups is 1. The molecule has 2 heterocycles. The van der Waals surface area contributed by atoms with E-state index < -0.39 is 17.9 Å². The maximum atomic E-state index is 13.4. The van der Waals surface area contributed by atoms with E-state index in [-0.39, 0.29) is 16.9 Å². The quantitative estimate of drug-likeness (QED) is 0.461. The van der Waals surface area contributed by atoms with Crippen molar-refractivity contribution in [3.8, 4) is 17.2 Å². The summed E-state index contributed by atoms with van der Waals surface area (Å²) in [6.07, 6.45) is 0.826. The molecule has 0 atom stereocenters. The Morgan fingerprint density at radius 2 is 1.73 bits per heavy atom. The minimum atomic E-state index is -4.95. The first-order valence-electron chi connectivity index (χ1n) is 9.85. The number of hydrogen-bond acceptors (Lipinski definition) is 5. The average Bonchev–Trinajstić information content (AvgIpc) is 2.75. The van der Waals surface area contributed by atoms with Gasteiger partial charge in [0.05, 0.1) is 22.8 Å². The van der Waals surface area contributed by atoms with Crippen molar-refractivity contribution < 1.29 is 23.0 Å². The van der Waals surface area contributed by atoms with Crippen molar-refractivity contribution in [3.05, 3.63) is 87.7 Å². The number of aromatic nitrogens is 3. The Labute approximate surface area is 186 Å². The molecular weight excluding hydrogens is 435 g/mol. The van der Waals surface area contributed by atoms with Gasteiger partial charge in [0.1, 0.15) is 5.82 Å². The molecule has 0 amide bonds. The van der Waals surface area contributed by atoms with Crippen LogP contribution >= 0.6 is 0 Å². The molecule has 0 spiro atoms. The predicted octanol–water partition coefficient (Wildman–Crippen LogP) is 5.17. The third-order valence-corrected chi connectivity index (χ3v) is 5.03. The Hall–Kier alpha value is -4.14. The summed E-state index contributed by atoms with van der Waals surface area (Å²) in [6, 6.07) is 10.9. The lowest BCUT2D eigenvalue weighted by Gasteiger charge is -2.16. The molecule has 0 fully saturated rings. The van der Waals surface area contributed by atoms with Crippen LogP contribution in [-0.4, -0.2) is 26.0 Å². The van der Waals surface area contributed by atoms with E-state index in [1.165, 1.54) is 41.2 Å². The highest BCUT2D eigenvalue weighted by molar-refractivity contribution is 5.80. The number of pyridine rings is 1. The molecule has 33 heavy (non-hydrogen) atoms. The summed E-state index contributed by atoms with van der Waals surface area (Å²) in [6.45, 7) is 3.73. The molecule has 0 radical (unpaired) electrons. The number of rotatable bonds is 4. The molecule has 0 aliphatic carbocycles. The molecule has 168 valence electrons. The molecule has 9 heteroatoms. The normalized spacial score (nSPS) is 11.9. The van der Waals surface area contributed by atoms with Crippen LogP contribution in [0.5, 0.6) is 11.5 Å². The van der Waals surface area contributed by atoms with Gasteiger partial charge in [0.25, 0.3) is 5.56 Å². The summed E-state index contributed by atoms with van der Waals surface area (Å²) in [5.41, 5.74) is 2.42. The van der Waals surface area contributed by atoms with Crippen LogP contribution in [0, 0.1) is 13.8 Å². The second-order valence-corrected chi connectivity index (χ2v) is 7.32. The second kappa shape index (κ2) is 8.42. The van der Waals surface area contributed by atoms with E-state index in [0.29, 0.717) is 16.6 Å². The number of ether oxygens (including phenoxy) is 1. The summed E-state index contributed by atoms with van der Waals surface area (Å²) in [5, 5.41) is 10.6.